The van der Waals surface area contributed by atoms with E-state index in [0.29, 0.717) is 12.2 Å². The molecule has 1 amide bonds. The molecule has 0 fully saturated rings. The van der Waals surface area contributed by atoms with E-state index in [1.807, 2.05) is 20.8 Å². The molecule has 0 aliphatic rings. The molecule has 0 saturated carbocycles. The van der Waals surface area contributed by atoms with Crippen LogP contribution in [0.25, 0.3) is 0 Å². The molecule has 0 saturated heterocycles. The summed E-state index contributed by atoms with van der Waals surface area (Å²) < 4.78 is 10.3. The molecular formula is C12H21N3O3. The van der Waals surface area contributed by atoms with Crippen LogP contribution in [-0.4, -0.2) is 28.8 Å². The Hall–Kier alpha value is -1.40. The second kappa shape index (κ2) is 5.97. The Bertz CT molecular complexity index is 370. The van der Waals surface area contributed by atoms with Crippen LogP contribution in [0, 0.1) is 0 Å². The molecule has 0 spiro atoms. The van der Waals surface area contributed by atoms with Crippen molar-refractivity contribution < 1.29 is 14.1 Å². The van der Waals surface area contributed by atoms with E-state index in [4.69, 9.17) is 10.5 Å². The summed E-state index contributed by atoms with van der Waals surface area (Å²) in [6, 6.07) is 0.970. The van der Waals surface area contributed by atoms with Crippen LogP contribution >= 0.6 is 0 Å². The molecule has 0 bridgehead atoms. The highest BCUT2D eigenvalue weighted by molar-refractivity contribution is 5.82. The van der Waals surface area contributed by atoms with Gasteiger partial charge in [-0.15, -0.1) is 0 Å². The predicted molar refractivity (Wildman–Crippen MR) is 66.6 cm³/mol. The van der Waals surface area contributed by atoms with Gasteiger partial charge in [0.05, 0.1) is 18.2 Å². The minimum absolute atomic E-state index is 0.269. The molecule has 2 atom stereocenters. The van der Waals surface area contributed by atoms with Crippen LogP contribution in [0.5, 0.6) is 0 Å². The fourth-order valence-electron chi connectivity index (χ4n) is 1.47. The Morgan fingerprint density at radius 3 is 2.78 bits per heavy atom. The van der Waals surface area contributed by atoms with E-state index in [2.05, 4.69) is 15.0 Å². The van der Waals surface area contributed by atoms with Crippen LogP contribution in [0.15, 0.2) is 16.9 Å². The van der Waals surface area contributed by atoms with E-state index in [1.54, 1.807) is 13.0 Å². The highest BCUT2D eigenvalue weighted by Crippen LogP contribution is 2.12. The predicted octanol–water partition coefficient (Wildman–Crippen LogP) is 0.822. The number of aromatic nitrogens is 1. The number of rotatable bonds is 5. The smallest absolute Gasteiger partial charge is 0.239 e. The Kier molecular flexibility index (Phi) is 4.86. The van der Waals surface area contributed by atoms with E-state index in [1.165, 1.54) is 6.26 Å². The number of nitrogens with zero attached hydrogens (tertiary/aromatic N) is 1. The minimum Gasteiger partial charge on any atom is -0.371 e. The van der Waals surface area contributed by atoms with E-state index >= 15 is 0 Å². The molecule has 0 aliphatic carbocycles. The summed E-state index contributed by atoms with van der Waals surface area (Å²) in [6.45, 7) is 7.84. The summed E-state index contributed by atoms with van der Waals surface area (Å²) in [7, 11) is 0. The summed E-state index contributed by atoms with van der Waals surface area (Å²) in [5.74, 6) is -0.269. The Balaban J connectivity index is 2.41. The Morgan fingerprint density at radius 2 is 2.28 bits per heavy atom. The number of amides is 1. The average Bonchev–Trinajstić information content (AvgIpc) is 2.75. The van der Waals surface area contributed by atoms with Gasteiger partial charge in [-0.05, 0) is 27.7 Å². The van der Waals surface area contributed by atoms with Crippen molar-refractivity contribution in [3.05, 3.63) is 18.0 Å². The summed E-state index contributed by atoms with van der Waals surface area (Å²) in [5, 5.41) is 6.38. The van der Waals surface area contributed by atoms with E-state index < -0.39 is 6.04 Å². The van der Waals surface area contributed by atoms with Crippen molar-refractivity contribution in [1.29, 1.82) is 0 Å². The largest absolute Gasteiger partial charge is 0.371 e. The molecule has 1 aromatic heterocycles. The van der Waals surface area contributed by atoms with Crippen LogP contribution in [0.4, 0.5) is 0 Å². The second-order valence-corrected chi connectivity index (χ2v) is 5.17. The van der Waals surface area contributed by atoms with Gasteiger partial charge in [0.2, 0.25) is 5.91 Å². The molecule has 1 heterocycles. The third-order valence-electron chi connectivity index (χ3n) is 2.28. The molecule has 102 valence electrons. The molecule has 0 unspecified atom stereocenters. The number of carbonyl (C=O) groups is 1. The summed E-state index contributed by atoms with van der Waals surface area (Å²) in [4.78, 5) is 11.8. The maximum atomic E-state index is 11.8. The minimum atomic E-state index is -0.712. The van der Waals surface area contributed by atoms with Crippen molar-refractivity contribution in [3.8, 4) is 0 Å². The highest BCUT2D eigenvalue weighted by atomic mass is 16.5. The average molecular weight is 255 g/mol. The quantitative estimate of drug-likeness (QED) is 0.813. The third-order valence-corrected chi connectivity index (χ3v) is 2.28. The lowest BCUT2D eigenvalue weighted by atomic mass is 10.1. The number of carbonyl (C=O) groups excluding carboxylic acids is 1. The number of hydrogen-bond acceptors (Lipinski definition) is 5. The third kappa shape index (κ3) is 4.85. The zero-order chi connectivity index (χ0) is 13.8. The van der Waals surface area contributed by atoms with Crippen molar-refractivity contribution in [2.45, 2.75) is 52.0 Å². The lowest BCUT2D eigenvalue weighted by molar-refractivity contribution is -0.129. The number of nitrogens with two attached hydrogens (primary N) is 1. The molecular weight excluding hydrogens is 234 g/mol. The van der Waals surface area contributed by atoms with Gasteiger partial charge in [-0.2, -0.15) is 0 Å². The Labute approximate surface area is 107 Å². The summed E-state index contributed by atoms with van der Waals surface area (Å²) in [6.07, 6.45) is 1.09. The van der Waals surface area contributed by atoms with Gasteiger partial charge in [-0.25, -0.2) is 0 Å². The normalized spacial score (nSPS) is 15.2. The van der Waals surface area contributed by atoms with Gasteiger partial charge in [-0.3, -0.25) is 4.79 Å². The van der Waals surface area contributed by atoms with Gasteiger partial charge >= 0.3 is 0 Å². The molecule has 6 heteroatoms. The molecule has 3 N–H and O–H groups in total. The van der Waals surface area contributed by atoms with Crippen LogP contribution in [0.3, 0.4) is 0 Å². The van der Waals surface area contributed by atoms with Crippen molar-refractivity contribution in [1.82, 2.24) is 10.5 Å². The fourth-order valence-corrected chi connectivity index (χ4v) is 1.47. The van der Waals surface area contributed by atoms with Crippen molar-refractivity contribution in [2.24, 2.45) is 5.73 Å². The summed E-state index contributed by atoms with van der Waals surface area (Å²) >= 11 is 0. The van der Waals surface area contributed by atoms with Crippen LogP contribution in [0.1, 0.15) is 33.4 Å². The monoisotopic (exact) mass is 255 g/mol. The fraction of sp³-hybridized carbons (Fsp3) is 0.667. The van der Waals surface area contributed by atoms with Crippen molar-refractivity contribution in [3.63, 3.8) is 0 Å². The van der Waals surface area contributed by atoms with E-state index in [-0.39, 0.29) is 17.6 Å². The van der Waals surface area contributed by atoms with Crippen molar-refractivity contribution in [2.75, 3.05) is 0 Å². The first kappa shape index (κ1) is 14.7. The first-order chi connectivity index (χ1) is 8.29. The number of ether oxygens (including phenoxy) is 1. The standard InChI is InChI=1S/C12H21N3O3/c1-8(18-12(2,3)4)10(13)11(16)14-7-9-5-6-17-15-9/h5-6,8,10H,7,13H2,1-4H3,(H,14,16)/t8-,10+/m1/s1. The number of nitrogens with one attached hydrogen (secondary N) is 1. The highest BCUT2D eigenvalue weighted by Gasteiger charge is 2.25. The lowest BCUT2D eigenvalue weighted by Gasteiger charge is -2.28. The maximum Gasteiger partial charge on any atom is 0.239 e. The van der Waals surface area contributed by atoms with Gasteiger partial charge in [0.1, 0.15) is 18.0 Å². The first-order valence-electron chi connectivity index (χ1n) is 5.90. The van der Waals surface area contributed by atoms with Crippen molar-refractivity contribution >= 4 is 5.91 Å². The van der Waals surface area contributed by atoms with Gasteiger partial charge < -0.3 is 20.3 Å². The topological polar surface area (TPSA) is 90.4 Å². The lowest BCUT2D eigenvalue weighted by Crippen LogP contribution is -2.49. The van der Waals surface area contributed by atoms with Gasteiger partial charge in [0.15, 0.2) is 0 Å². The summed E-state index contributed by atoms with van der Waals surface area (Å²) in [5.41, 5.74) is 6.15. The zero-order valence-corrected chi connectivity index (χ0v) is 11.3. The van der Waals surface area contributed by atoms with Gasteiger partial charge in [-0.1, -0.05) is 5.16 Å². The zero-order valence-electron chi connectivity index (χ0n) is 11.3. The van der Waals surface area contributed by atoms with Crippen LogP contribution < -0.4 is 11.1 Å². The Morgan fingerprint density at radius 1 is 1.61 bits per heavy atom. The molecule has 0 aliphatic heterocycles. The first-order valence-corrected chi connectivity index (χ1v) is 5.90. The molecule has 6 nitrogen and oxygen atoms in total. The maximum absolute atomic E-state index is 11.8. The molecule has 1 rings (SSSR count). The van der Waals surface area contributed by atoms with E-state index in [0.717, 1.165) is 0 Å². The SMILES string of the molecule is C[C@@H](OC(C)(C)C)[C@H](N)C(=O)NCc1ccon1. The van der Waals surface area contributed by atoms with E-state index in [9.17, 15) is 4.79 Å². The number of hydrogen-bond donors (Lipinski definition) is 2. The molecule has 0 radical (unpaired) electrons. The second-order valence-electron chi connectivity index (χ2n) is 5.17. The van der Waals surface area contributed by atoms with Gasteiger partial charge in [0.25, 0.3) is 0 Å². The molecule has 1 aromatic rings. The molecule has 0 aromatic carbocycles. The van der Waals surface area contributed by atoms with Crippen LogP contribution in [0.2, 0.25) is 0 Å². The molecule has 18 heavy (non-hydrogen) atoms. The van der Waals surface area contributed by atoms with Crippen LogP contribution in [-0.2, 0) is 16.1 Å². The van der Waals surface area contributed by atoms with Gasteiger partial charge in [0, 0.05) is 6.07 Å².